The third kappa shape index (κ3) is 12.5. The van der Waals surface area contributed by atoms with Crippen molar-refractivity contribution >= 4 is 83.6 Å². The Kier molecular flexibility index (Phi) is 18.0. The van der Waals surface area contributed by atoms with E-state index >= 15 is 0 Å². The molecule has 2 heterocycles. The van der Waals surface area contributed by atoms with Crippen molar-refractivity contribution in [2.45, 2.75) is 38.5 Å². The van der Waals surface area contributed by atoms with E-state index in [0.717, 1.165) is 39.1 Å². The predicted molar refractivity (Wildman–Crippen MR) is 461 cm³/mol. The maximum Gasteiger partial charge on any atom is 0.0541 e. The van der Waals surface area contributed by atoms with Gasteiger partial charge in [0.25, 0.3) is 0 Å². The highest BCUT2D eigenvalue weighted by molar-refractivity contribution is 6.30. The lowest BCUT2D eigenvalue weighted by atomic mass is 9.82. The van der Waals surface area contributed by atoms with E-state index in [2.05, 4.69) is 417 Å². The first-order valence-corrected chi connectivity index (χ1v) is 37.3. The molecule has 0 fully saturated rings. The Morgan fingerprint density at radius 2 is 0.537 bits per heavy atom. The number of fused-ring (bicyclic) bond motifs is 12. The number of nitrogens with zero attached hydrogens (tertiary/aromatic N) is 3. The molecule has 18 aromatic rings. The van der Waals surface area contributed by atoms with Crippen molar-refractivity contribution in [3.63, 3.8) is 0 Å². The van der Waals surface area contributed by atoms with E-state index in [9.17, 15) is 0 Å². The first kappa shape index (κ1) is 68.1. The molecule has 2 aromatic heterocycles. The largest absolute Gasteiger partial charge is 0.358 e. The quantitative estimate of drug-likeness (QED) is 0.131. The summed E-state index contributed by atoms with van der Waals surface area (Å²) in [6.45, 7) is 9.33. The molecule has 4 nitrogen and oxygen atoms in total. The van der Waals surface area contributed by atoms with Gasteiger partial charge in [-0.05, 0) is 210 Å². The number of halogens is 1. The molecular formula is C103H80ClN4-. The molecule has 0 aliphatic heterocycles. The van der Waals surface area contributed by atoms with Crippen LogP contribution in [0.5, 0.6) is 0 Å². The minimum atomic E-state index is -0.0833. The van der Waals surface area contributed by atoms with Gasteiger partial charge < -0.3 is 26.8 Å². The zero-order valence-corrected chi connectivity index (χ0v) is 61.9. The van der Waals surface area contributed by atoms with E-state index in [1.165, 1.54) is 138 Å². The van der Waals surface area contributed by atoms with Crippen molar-refractivity contribution in [3.05, 3.63) is 423 Å². The number of benzene rings is 16. The zero-order chi connectivity index (χ0) is 72.2. The van der Waals surface area contributed by atoms with E-state index < -0.39 is 0 Å². The number of hydrogen-bond donors (Lipinski definition) is 1. The first-order chi connectivity index (χ1) is 52.5. The number of rotatable bonds is 11. The molecule has 0 spiro atoms. The third-order valence-corrected chi connectivity index (χ3v) is 22.2. The third-order valence-electron chi connectivity index (χ3n) is 22.0. The van der Waals surface area contributed by atoms with Crippen molar-refractivity contribution in [3.8, 4) is 78.1 Å². The van der Waals surface area contributed by atoms with Gasteiger partial charge in [0, 0.05) is 77.2 Å². The summed E-state index contributed by atoms with van der Waals surface area (Å²) in [7, 11) is 0. The summed E-state index contributed by atoms with van der Waals surface area (Å²) < 4.78 is 4.70. The molecule has 2 aliphatic carbocycles. The van der Waals surface area contributed by atoms with Gasteiger partial charge in [0.2, 0.25) is 0 Å². The van der Waals surface area contributed by atoms with Crippen LogP contribution in [0.3, 0.4) is 0 Å². The maximum absolute atomic E-state index is 6.00. The van der Waals surface area contributed by atoms with E-state index in [1.54, 1.807) is 0 Å². The number of para-hydroxylation sites is 4. The molecule has 5 heteroatoms. The first-order valence-electron chi connectivity index (χ1n) is 36.9. The minimum Gasteiger partial charge on any atom is -0.358 e. The van der Waals surface area contributed by atoms with Crippen molar-refractivity contribution < 1.29 is 0 Å². The van der Waals surface area contributed by atoms with Crippen LogP contribution in [0.25, 0.3) is 122 Å². The summed E-state index contributed by atoms with van der Waals surface area (Å²) >= 11 is 6.00. The smallest absolute Gasteiger partial charge is 0.0541 e. The van der Waals surface area contributed by atoms with Crippen LogP contribution in [-0.4, -0.2) is 9.13 Å². The molecule has 0 atom stereocenters. The fourth-order valence-corrected chi connectivity index (χ4v) is 16.6. The van der Waals surface area contributed by atoms with Crippen LogP contribution >= 0.6 is 11.6 Å². The average molecular weight is 1410 g/mol. The van der Waals surface area contributed by atoms with Gasteiger partial charge in [-0.1, -0.05) is 306 Å². The summed E-state index contributed by atoms with van der Waals surface area (Å²) in [5.74, 6) is 0. The van der Waals surface area contributed by atoms with Gasteiger partial charge in [-0.2, -0.15) is 0 Å². The Morgan fingerprint density at radius 3 is 0.944 bits per heavy atom. The van der Waals surface area contributed by atoms with Crippen LogP contribution in [0.15, 0.2) is 388 Å². The van der Waals surface area contributed by atoms with Crippen molar-refractivity contribution in [1.29, 1.82) is 0 Å². The van der Waals surface area contributed by atoms with Gasteiger partial charge in [0.05, 0.1) is 22.1 Å². The second kappa shape index (κ2) is 28.5. The highest BCUT2D eigenvalue weighted by Crippen LogP contribution is 2.52. The number of nitrogens with one attached hydrogen (secondary N) is 1. The van der Waals surface area contributed by atoms with E-state index in [1.807, 2.05) is 18.2 Å². The molecule has 0 amide bonds. The standard InChI is InChI=1S/C51H38N2.C27H23N.C24H16ClN.CH3/c1-51(2)47-17-9-6-14-43(47)44-33-32-42(34-48(44)51)52(39-26-20-36(21-27-39)35-12-4-3-5-13-35)40-28-22-37(23-29-40)38-24-30-41(31-25-38)53-49-18-10-7-15-45(49)46-16-8-11-19-50(46)53;1-27(2)25-11-7-6-10-23(25)24-17-16-22(18-26(24)27)28-21-14-12-20(13-15-21)19-8-4-3-5-9-19;25-19-13-9-17(10-14-19)18-11-15-20(16-12-18)26-23-7-3-1-5-21(23)22-6-2-4-8-24(22)26;/h3-34H,1-2H3;3-18,28H,1-2H3;1-16H;1H3/q;;;-1. The second-order valence-corrected chi connectivity index (χ2v) is 29.5. The van der Waals surface area contributed by atoms with Gasteiger partial charge in [-0.25, -0.2) is 0 Å². The zero-order valence-electron chi connectivity index (χ0n) is 61.2. The predicted octanol–water partition coefficient (Wildman–Crippen LogP) is 28.9. The molecule has 2 aliphatic rings. The van der Waals surface area contributed by atoms with Gasteiger partial charge >= 0.3 is 0 Å². The number of aromatic nitrogens is 2. The monoisotopic (exact) mass is 1410 g/mol. The highest BCUT2D eigenvalue weighted by Gasteiger charge is 2.37. The normalized spacial score (nSPS) is 12.6. The van der Waals surface area contributed by atoms with Crippen molar-refractivity contribution in [2.24, 2.45) is 0 Å². The molecule has 0 saturated carbocycles. The van der Waals surface area contributed by atoms with Gasteiger partial charge in [-0.3, -0.25) is 0 Å². The lowest BCUT2D eigenvalue weighted by Gasteiger charge is -2.28. The number of anilines is 5. The molecule has 1 N–H and O–H groups in total. The average Bonchev–Trinajstić information content (AvgIpc) is 1.58. The molecule has 0 bridgehead atoms. The van der Waals surface area contributed by atoms with Crippen LogP contribution < -0.4 is 10.2 Å². The Balaban J connectivity index is 0.000000130. The number of hydrogen-bond acceptors (Lipinski definition) is 2. The summed E-state index contributed by atoms with van der Waals surface area (Å²) in [4.78, 5) is 2.39. The van der Waals surface area contributed by atoms with Crippen LogP contribution in [-0.2, 0) is 10.8 Å². The molecule has 0 radical (unpaired) electrons. The molecule has 0 saturated heterocycles. The lowest BCUT2D eigenvalue weighted by Crippen LogP contribution is -2.16. The Bertz CT molecular complexity index is 6180. The summed E-state index contributed by atoms with van der Waals surface area (Å²) in [6.07, 6.45) is 0. The molecule has 520 valence electrons. The van der Waals surface area contributed by atoms with Gasteiger partial charge in [0.1, 0.15) is 0 Å². The van der Waals surface area contributed by atoms with Crippen molar-refractivity contribution in [2.75, 3.05) is 10.2 Å². The SMILES string of the molecule is CC1(C)c2ccccc2-c2ccc(N(c3ccc(-c4ccccc4)cc3)c3ccc(-c4ccc(-n5c6ccccc6c6ccccc65)cc4)cc3)cc21.CC1(C)c2ccccc2-c2ccc(Nc3ccc(-c4ccccc4)cc3)cc21.Clc1ccc(-c2ccc(-n3c4ccccc4c4ccccc43)cc2)cc1.[CH3-]. The van der Waals surface area contributed by atoms with Crippen LogP contribution in [0, 0.1) is 7.43 Å². The molecular weight excluding hydrogens is 1330 g/mol. The summed E-state index contributed by atoms with van der Waals surface area (Å²) in [6, 6.07) is 139. The lowest BCUT2D eigenvalue weighted by molar-refractivity contribution is 0.660. The van der Waals surface area contributed by atoms with E-state index in [-0.39, 0.29) is 18.3 Å². The van der Waals surface area contributed by atoms with E-state index in [0.29, 0.717) is 0 Å². The maximum atomic E-state index is 6.00. The van der Waals surface area contributed by atoms with Crippen LogP contribution in [0.2, 0.25) is 5.02 Å². The minimum absolute atomic E-state index is 0. The second-order valence-electron chi connectivity index (χ2n) is 29.0. The van der Waals surface area contributed by atoms with Crippen LogP contribution in [0.4, 0.5) is 28.4 Å². The van der Waals surface area contributed by atoms with Gasteiger partial charge in [0.15, 0.2) is 0 Å². The Labute approximate surface area is 638 Å². The van der Waals surface area contributed by atoms with Crippen molar-refractivity contribution in [1.82, 2.24) is 9.13 Å². The van der Waals surface area contributed by atoms with E-state index in [4.69, 9.17) is 11.6 Å². The highest BCUT2D eigenvalue weighted by atomic mass is 35.5. The summed E-state index contributed by atoms with van der Waals surface area (Å²) in [5, 5.41) is 9.45. The molecule has 16 aromatic carbocycles. The topological polar surface area (TPSA) is 25.1 Å². The summed E-state index contributed by atoms with van der Waals surface area (Å²) in [5.41, 5.74) is 33.4. The fraction of sp³-hybridized carbons (Fsp3) is 0.0583. The Morgan fingerprint density at radius 1 is 0.250 bits per heavy atom. The molecule has 108 heavy (non-hydrogen) atoms. The van der Waals surface area contributed by atoms with Gasteiger partial charge in [-0.15, -0.1) is 0 Å². The Hall–Kier alpha value is -13.0. The van der Waals surface area contributed by atoms with Crippen LogP contribution in [0.1, 0.15) is 49.9 Å². The molecule has 0 unspecified atom stereocenters. The fourth-order valence-electron chi connectivity index (χ4n) is 16.5. The molecule has 20 rings (SSSR count).